The van der Waals surface area contributed by atoms with E-state index in [-0.39, 0.29) is 11.9 Å². The van der Waals surface area contributed by atoms with Crippen molar-refractivity contribution >= 4 is 33.2 Å². The fraction of sp³-hybridized carbons (Fsp3) is 0.545. The minimum Gasteiger partial charge on any atom is -0.383 e. The summed E-state index contributed by atoms with van der Waals surface area (Å²) in [4.78, 5) is 13.8. The molecule has 1 aromatic heterocycles. The van der Waals surface area contributed by atoms with Gasteiger partial charge in [0.2, 0.25) is 0 Å². The number of nitrogens with one attached hydrogen (secondary N) is 1. The highest BCUT2D eigenvalue weighted by Gasteiger charge is 2.14. The van der Waals surface area contributed by atoms with Crippen LogP contribution in [0, 0.1) is 6.92 Å². The van der Waals surface area contributed by atoms with Crippen molar-refractivity contribution in [3.8, 4) is 0 Å². The van der Waals surface area contributed by atoms with Gasteiger partial charge in [0.05, 0.1) is 17.5 Å². The van der Waals surface area contributed by atoms with Crippen molar-refractivity contribution in [3.05, 3.63) is 21.9 Å². The Hall–Kier alpha value is -0.390. The zero-order chi connectivity index (χ0) is 12.0. The molecule has 0 spiro atoms. The molecule has 3 nitrogen and oxygen atoms in total. The van der Waals surface area contributed by atoms with E-state index in [1.54, 1.807) is 7.11 Å². The van der Waals surface area contributed by atoms with Crippen molar-refractivity contribution in [3.63, 3.8) is 0 Å². The molecule has 1 aromatic rings. The van der Waals surface area contributed by atoms with E-state index < -0.39 is 0 Å². The highest BCUT2D eigenvalue weighted by molar-refractivity contribution is 9.09. The Morgan fingerprint density at radius 3 is 2.88 bits per heavy atom. The van der Waals surface area contributed by atoms with Gasteiger partial charge in [0, 0.05) is 17.3 Å². The first-order valence-corrected chi connectivity index (χ1v) is 7.03. The van der Waals surface area contributed by atoms with Crippen molar-refractivity contribution in [1.82, 2.24) is 5.32 Å². The molecule has 0 radical (unpaired) electrons. The fourth-order valence-corrected chi connectivity index (χ4v) is 2.67. The molecule has 0 aliphatic heterocycles. The molecule has 5 heteroatoms. The summed E-state index contributed by atoms with van der Waals surface area (Å²) in [6, 6.07) is 3.88. The number of hydrogen-bond acceptors (Lipinski definition) is 3. The average molecular weight is 306 g/mol. The van der Waals surface area contributed by atoms with E-state index in [1.807, 2.05) is 19.1 Å². The van der Waals surface area contributed by atoms with Crippen LogP contribution in [0.2, 0.25) is 0 Å². The molecule has 0 saturated carbocycles. The van der Waals surface area contributed by atoms with Gasteiger partial charge in [-0.05, 0) is 25.5 Å². The molecule has 1 atom stereocenters. The van der Waals surface area contributed by atoms with Crippen molar-refractivity contribution in [1.29, 1.82) is 0 Å². The Bertz CT molecular complexity index is 334. The van der Waals surface area contributed by atoms with Gasteiger partial charge in [-0.1, -0.05) is 15.9 Å². The number of amides is 1. The van der Waals surface area contributed by atoms with Crippen LogP contribution >= 0.6 is 27.3 Å². The predicted molar refractivity (Wildman–Crippen MR) is 70.6 cm³/mol. The van der Waals surface area contributed by atoms with Gasteiger partial charge < -0.3 is 10.1 Å². The van der Waals surface area contributed by atoms with Crippen LogP contribution in [0.15, 0.2) is 12.1 Å². The minimum absolute atomic E-state index is 0.0129. The Labute approximate surface area is 108 Å². The molecule has 16 heavy (non-hydrogen) atoms. The zero-order valence-electron chi connectivity index (χ0n) is 9.46. The van der Waals surface area contributed by atoms with Crippen LogP contribution in [-0.2, 0) is 4.74 Å². The maximum Gasteiger partial charge on any atom is 0.261 e. The quantitative estimate of drug-likeness (QED) is 0.820. The predicted octanol–water partition coefficient (Wildman–Crippen LogP) is 2.59. The molecular weight excluding hydrogens is 290 g/mol. The Balaban J connectivity index is 2.54. The Morgan fingerprint density at radius 2 is 2.38 bits per heavy atom. The van der Waals surface area contributed by atoms with Gasteiger partial charge in [0.1, 0.15) is 0 Å². The first kappa shape index (κ1) is 13.7. The lowest BCUT2D eigenvalue weighted by Gasteiger charge is -2.16. The number of rotatable bonds is 6. The number of methoxy groups -OCH3 is 1. The molecule has 0 bridgehead atoms. The lowest BCUT2D eigenvalue weighted by Crippen LogP contribution is -2.37. The number of hydrogen-bond donors (Lipinski definition) is 1. The van der Waals surface area contributed by atoms with Crippen LogP contribution in [0.3, 0.4) is 0 Å². The van der Waals surface area contributed by atoms with Gasteiger partial charge in [-0.3, -0.25) is 4.79 Å². The van der Waals surface area contributed by atoms with Crippen molar-refractivity contribution in [2.45, 2.75) is 19.4 Å². The van der Waals surface area contributed by atoms with Crippen molar-refractivity contribution in [2.75, 3.05) is 19.0 Å². The number of halogens is 1. The van der Waals surface area contributed by atoms with E-state index in [1.165, 1.54) is 11.3 Å². The van der Waals surface area contributed by atoms with Gasteiger partial charge in [0.15, 0.2) is 0 Å². The summed E-state index contributed by atoms with van der Waals surface area (Å²) in [6.45, 7) is 2.54. The van der Waals surface area contributed by atoms with E-state index in [9.17, 15) is 4.79 Å². The monoisotopic (exact) mass is 305 g/mol. The van der Waals surface area contributed by atoms with Gasteiger partial charge in [0.25, 0.3) is 5.91 Å². The summed E-state index contributed by atoms with van der Waals surface area (Å²) in [5.41, 5.74) is 0. The first-order valence-electron chi connectivity index (χ1n) is 5.09. The van der Waals surface area contributed by atoms with Crippen LogP contribution < -0.4 is 5.32 Å². The van der Waals surface area contributed by atoms with Crippen LogP contribution in [0.1, 0.15) is 21.0 Å². The molecule has 1 N–H and O–H groups in total. The largest absolute Gasteiger partial charge is 0.383 e. The van der Waals surface area contributed by atoms with E-state index in [4.69, 9.17) is 4.74 Å². The third kappa shape index (κ3) is 4.23. The molecule has 0 aromatic carbocycles. The van der Waals surface area contributed by atoms with Crippen LogP contribution in [0.25, 0.3) is 0 Å². The second kappa shape index (κ2) is 7.04. The highest BCUT2D eigenvalue weighted by atomic mass is 79.9. The van der Waals surface area contributed by atoms with Crippen LogP contribution in [0.5, 0.6) is 0 Å². The Kier molecular flexibility index (Phi) is 6.01. The number of thiophene rings is 1. The molecule has 1 heterocycles. The van der Waals surface area contributed by atoms with E-state index in [0.717, 1.165) is 21.5 Å². The van der Waals surface area contributed by atoms with Crippen molar-refractivity contribution in [2.24, 2.45) is 0 Å². The number of aryl methyl sites for hydroxylation is 1. The van der Waals surface area contributed by atoms with Crippen LogP contribution in [-0.4, -0.2) is 31.0 Å². The normalized spacial score (nSPS) is 12.4. The lowest BCUT2D eigenvalue weighted by atomic mass is 10.2. The average Bonchev–Trinajstić information content (AvgIpc) is 2.65. The molecule has 90 valence electrons. The third-order valence-corrected chi connectivity index (χ3v) is 3.58. The lowest BCUT2D eigenvalue weighted by molar-refractivity contribution is 0.0899. The summed E-state index contributed by atoms with van der Waals surface area (Å²) in [7, 11) is 1.64. The Morgan fingerprint density at radius 1 is 1.62 bits per heavy atom. The first-order chi connectivity index (χ1) is 7.67. The molecule has 0 saturated heterocycles. The standard InChI is InChI=1S/C11H16BrNO2S/c1-8-3-4-10(16-8)11(14)13-9(5-6-12)7-15-2/h3-4,9H,5-7H2,1-2H3,(H,13,14). The van der Waals surface area contributed by atoms with Gasteiger partial charge in [-0.2, -0.15) is 0 Å². The minimum atomic E-state index is -0.0129. The SMILES string of the molecule is COCC(CCBr)NC(=O)c1ccc(C)s1. The van der Waals surface area contributed by atoms with Gasteiger partial charge >= 0.3 is 0 Å². The second-order valence-corrected chi connectivity index (χ2v) is 5.59. The maximum atomic E-state index is 11.8. The number of carbonyl (C=O) groups excluding carboxylic acids is 1. The molecule has 0 aliphatic carbocycles. The summed E-state index contributed by atoms with van der Waals surface area (Å²) < 4.78 is 5.07. The molecular formula is C11H16BrNO2S. The molecule has 1 amide bonds. The zero-order valence-corrected chi connectivity index (χ0v) is 11.9. The van der Waals surface area contributed by atoms with E-state index >= 15 is 0 Å². The molecule has 0 fully saturated rings. The summed E-state index contributed by atoms with van der Waals surface area (Å²) >= 11 is 4.88. The van der Waals surface area contributed by atoms with Gasteiger partial charge in [-0.25, -0.2) is 0 Å². The summed E-state index contributed by atoms with van der Waals surface area (Å²) in [5, 5.41) is 3.82. The van der Waals surface area contributed by atoms with Crippen LogP contribution in [0.4, 0.5) is 0 Å². The van der Waals surface area contributed by atoms with Crippen molar-refractivity contribution < 1.29 is 9.53 Å². The third-order valence-electron chi connectivity index (χ3n) is 2.12. The van der Waals surface area contributed by atoms with E-state index in [0.29, 0.717) is 6.61 Å². The highest BCUT2D eigenvalue weighted by Crippen LogP contribution is 2.15. The molecule has 0 aliphatic rings. The molecule has 1 unspecified atom stereocenters. The van der Waals surface area contributed by atoms with E-state index in [2.05, 4.69) is 21.2 Å². The summed E-state index contributed by atoms with van der Waals surface area (Å²) in [5.74, 6) is -0.0129. The number of carbonyl (C=O) groups is 1. The number of ether oxygens (including phenoxy) is 1. The smallest absolute Gasteiger partial charge is 0.261 e. The van der Waals surface area contributed by atoms with Gasteiger partial charge in [-0.15, -0.1) is 11.3 Å². The number of alkyl halides is 1. The molecule has 1 rings (SSSR count). The fourth-order valence-electron chi connectivity index (χ4n) is 1.34. The second-order valence-electron chi connectivity index (χ2n) is 3.51. The topological polar surface area (TPSA) is 38.3 Å². The maximum absolute atomic E-state index is 11.8. The summed E-state index contributed by atoms with van der Waals surface area (Å²) in [6.07, 6.45) is 0.865.